The van der Waals surface area contributed by atoms with Gasteiger partial charge in [0.15, 0.2) is 0 Å². The fourth-order valence-electron chi connectivity index (χ4n) is 2.10. The third kappa shape index (κ3) is 4.06. The molecule has 19 heavy (non-hydrogen) atoms. The van der Waals surface area contributed by atoms with Gasteiger partial charge in [-0.3, -0.25) is 4.79 Å². The first-order valence-corrected chi connectivity index (χ1v) is 6.78. The summed E-state index contributed by atoms with van der Waals surface area (Å²) in [5.41, 5.74) is 1.71. The second kappa shape index (κ2) is 6.20. The number of rotatable bonds is 6. The fourth-order valence-corrected chi connectivity index (χ4v) is 2.10. The molecule has 0 aromatic heterocycles. The van der Waals surface area contributed by atoms with Crippen LogP contribution in [-0.2, 0) is 4.79 Å². The highest BCUT2D eigenvalue weighted by molar-refractivity contribution is 5.73. The van der Waals surface area contributed by atoms with Crippen molar-refractivity contribution >= 4 is 5.97 Å². The summed E-state index contributed by atoms with van der Waals surface area (Å²) in [5.74, 6) is -0.246. The number of carboxylic acid groups (broad SMARTS) is 1. The molecule has 2 N–H and O–H groups in total. The van der Waals surface area contributed by atoms with Crippen LogP contribution in [0, 0.1) is 5.41 Å². The van der Waals surface area contributed by atoms with E-state index in [1.165, 1.54) is 5.56 Å². The maximum atomic E-state index is 11.2. The van der Waals surface area contributed by atoms with Crippen molar-refractivity contribution in [3.8, 4) is 0 Å². The van der Waals surface area contributed by atoms with Gasteiger partial charge in [-0.25, -0.2) is 0 Å². The van der Waals surface area contributed by atoms with Gasteiger partial charge < -0.3 is 10.4 Å². The number of hydrogen-bond acceptors (Lipinski definition) is 2. The monoisotopic (exact) mass is 263 g/mol. The van der Waals surface area contributed by atoms with Crippen molar-refractivity contribution in [2.75, 3.05) is 7.05 Å². The van der Waals surface area contributed by atoms with Crippen LogP contribution in [0.15, 0.2) is 24.3 Å². The highest BCUT2D eigenvalue weighted by atomic mass is 16.4. The van der Waals surface area contributed by atoms with Gasteiger partial charge in [0.05, 0.1) is 5.41 Å². The molecule has 0 aliphatic heterocycles. The zero-order valence-electron chi connectivity index (χ0n) is 12.5. The lowest BCUT2D eigenvalue weighted by atomic mass is 9.83. The molecule has 0 spiro atoms. The molecule has 1 rings (SSSR count). The van der Waals surface area contributed by atoms with Gasteiger partial charge in [0, 0.05) is 6.04 Å². The van der Waals surface area contributed by atoms with Gasteiger partial charge >= 0.3 is 5.97 Å². The Balaban J connectivity index is 2.89. The van der Waals surface area contributed by atoms with Crippen LogP contribution in [0.2, 0.25) is 0 Å². The van der Waals surface area contributed by atoms with Crippen LogP contribution in [0.5, 0.6) is 0 Å². The van der Waals surface area contributed by atoms with Gasteiger partial charge in [-0.05, 0) is 44.4 Å². The van der Waals surface area contributed by atoms with E-state index in [-0.39, 0.29) is 6.04 Å². The molecule has 0 saturated carbocycles. The van der Waals surface area contributed by atoms with Gasteiger partial charge in [-0.2, -0.15) is 0 Å². The Morgan fingerprint density at radius 2 is 1.68 bits per heavy atom. The zero-order valence-corrected chi connectivity index (χ0v) is 12.5. The molecular weight excluding hydrogens is 238 g/mol. The second-order valence-corrected chi connectivity index (χ2v) is 6.06. The Morgan fingerprint density at radius 3 is 2.05 bits per heavy atom. The topological polar surface area (TPSA) is 49.3 Å². The number of carbonyl (C=O) groups is 1. The van der Waals surface area contributed by atoms with Crippen LogP contribution in [0.25, 0.3) is 0 Å². The summed E-state index contributed by atoms with van der Waals surface area (Å²) in [7, 11) is 1.87. The first kappa shape index (κ1) is 15.7. The smallest absolute Gasteiger partial charge is 0.309 e. The Bertz CT molecular complexity index is 421. The summed E-state index contributed by atoms with van der Waals surface area (Å²) >= 11 is 0. The van der Waals surface area contributed by atoms with E-state index in [0.717, 1.165) is 5.56 Å². The second-order valence-electron chi connectivity index (χ2n) is 6.06. The summed E-state index contributed by atoms with van der Waals surface area (Å²) in [6.45, 7) is 7.86. The van der Waals surface area contributed by atoms with Crippen LogP contribution in [0.1, 0.15) is 57.2 Å². The maximum absolute atomic E-state index is 11.2. The molecule has 0 bridgehead atoms. The van der Waals surface area contributed by atoms with Crippen LogP contribution in [-0.4, -0.2) is 18.1 Å². The van der Waals surface area contributed by atoms with Crippen molar-refractivity contribution in [3.63, 3.8) is 0 Å². The van der Waals surface area contributed by atoms with Crippen molar-refractivity contribution in [2.45, 2.75) is 46.1 Å². The molecule has 1 unspecified atom stereocenters. The molecule has 106 valence electrons. The average Bonchev–Trinajstić information content (AvgIpc) is 2.36. The van der Waals surface area contributed by atoms with Crippen molar-refractivity contribution in [1.82, 2.24) is 5.32 Å². The molecule has 0 radical (unpaired) electrons. The highest BCUT2D eigenvalue weighted by Gasteiger charge is 2.30. The minimum Gasteiger partial charge on any atom is -0.481 e. The van der Waals surface area contributed by atoms with Crippen molar-refractivity contribution in [3.05, 3.63) is 35.4 Å². The Labute approximate surface area is 116 Å². The molecule has 1 atom stereocenters. The third-order valence-corrected chi connectivity index (χ3v) is 3.65. The maximum Gasteiger partial charge on any atom is 0.309 e. The van der Waals surface area contributed by atoms with E-state index in [0.29, 0.717) is 12.3 Å². The van der Waals surface area contributed by atoms with Crippen molar-refractivity contribution in [2.24, 2.45) is 5.41 Å². The minimum atomic E-state index is -0.758. The molecule has 0 amide bonds. The number of aliphatic carboxylic acids is 1. The summed E-state index contributed by atoms with van der Waals surface area (Å²) in [6.07, 6.45) is 0.569. The van der Waals surface area contributed by atoms with E-state index in [2.05, 4.69) is 43.4 Å². The standard InChI is InChI=1S/C16H25NO2/c1-11(2)12-6-8-13(9-7-12)14(17-5)10-16(3,4)15(18)19/h6-9,11,14,17H,10H2,1-5H3,(H,18,19). The predicted molar refractivity (Wildman–Crippen MR) is 78.4 cm³/mol. The first-order valence-electron chi connectivity index (χ1n) is 6.78. The fraction of sp³-hybridized carbons (Fsp3) is 0.562. The quantitative estimate of drug-likeness (QED) is 0.825. The first-order chi connectivity index (χ1) is 8.77. The molecule has 3 heteroatoms. The SMILES string of the molecule is CNC(CC(C)(C)C(=O)O)c1ccc(C(C)C)cc1. The van der Waals surface area contributed by atoms with E-state index in [4.69, 9.17) is 0 Å². The lowest BCUT2D eigenvalue weighted by Gasteiger charge is -2.26. The van der Waals surface area contributed by atoms with Gasteiger partial charge in [-0.1, -0.05) is 38.1 Å². The van der Waals surface area contributed by atoms with Crippen molar-refractivity contribution < 1.29 is 9.90 Å². The van der Waals surface area contributed by atoms with Gasteiger partial charge in [0.1, 0.15) is 0 Å². The average molecular weight is 263 g/mol. The molecule has 0 fully saturated rings. The summed E-state index contributed by atoms with van der Waals surface area (Å²) in [5, 5.41) is 12.4. The van der Waals surface area contributed by atoms with E-state index in [9.17, 15) is 9.90 Å². The van der Waals surface area contributed by atoms with E-state index < -0.39 is 11.4 Å². The molecular formula is C16H25NO2. The normalized spacial score (nSPS) is 13.6. The summed E-state index contributed by atoms with van der Waals surface area (Å²) < 4.78 is 0. The van der Waals surface area contributed by atoms with Gasteiger partial charge in [0.2, 0.25) is 0 Å². The molecule has 0 saturated heterocycles. The van der Waals surface area contributed by atoms with Crippen LogP contribution in [0.3, 0.4) is 0 Å². The molecule has 0 heterocycles. The Morgan fingerprint density at radius 1 is 1.21 bits per heavy atom. The lowest BCUT2D eigenvalue weighted by molar-refractivity contribution is -0.147. The number of hydrogen-bond donors (Lipinski definition) is 2. The van der Waals surface area contributed by atoms with Gasteiger partial charge in [-0.15, -0.1) is 0 Å². The number of nitrogens with one attached hydrogen (secondary N) is 1. The van der Waals surface area contributed by atoms with Crippen LogP contribution >= 0.6 is 0 Å². The van der Waals surface area contributed by atoms with Crippen molar-refractivity contribution in [1.29, 1.82) is 0 Å². The van der Waals surface area contributed by atoms with Crippen LogP contribution < -0.4 is 5.32 Å². The highest BCUT2D eigenvalue weighted by Crippen LogP contribution is 2.30. The number of benzene rings is 1. The summed E-state index contributed by atoms with van der Waals surface area (Å²) in [4.78, 5) is 11.2. The van der Waals surface area contributed by atoms with Crippen LogP contribution in [0.4, 0.5) is 0 Å². The third-order valence-electron chi connectivity index (χ3n) is 3.65. The largest absolute Gasteiger partial charge is 0.481 e. The molecule has 3 nitrogen and oxygen atoms in total. The predicted octanol–water partition coefficient (Wildman–Crippen LogP) is 3.57. The molecule has 1 aromatic carbocycles. The Hall–Kier alpha value is -1.35. The van der Waals surface area contributed by atoms with E-state index in [1.807, 2.05) is 7.05 Å². The molecule has 0 aliphatic rings. The summed E-state index contributed by atoms with van der Waals surface area (Å²) in [6, 6.07) is 8.49. The van der Waals surface area contributed by atoms with Gasteiger partial charge in [0.25, 0.3) is 0 Å². The molecule has 1 aromatic rings. The number of carboxylic acids is 1. The molecule has 0 aliphatic carbocycles. The lowest BCUT2D eigenvalue weighted by Crippen LogP contribution is -2.30. The minimum absolute atomic E-state index is 0.0623. The Kier molecular flexibility index (Phi) is 5.12. The van der Waals surface area contributed by atoms with E-state index in [1.54, 1.807) is 13.8 Å². The van der Waals surface area contributed by atoms with E-state index >= 15 is 0 Å². The zero-order chi connectivity index (χ0) is 14.6.